The lowest BCUT2D eigenvalue weighted by molar-refractivity contribution is -0.143. The molecular weight excluding hydrogens is 503 g/mol. The van der Waals surface area contributed by atoms with Crippen molar-refractivity contribution in [1.29, 1.82) is 0 Å². The number of esters is 1. The number of carbonyl (C=O) groups is 1. The minimum absolute atomic E-state index is 0.0597. The van der Waals surface area contributed by atoms with Crippen molar-refractivity contribution >= 4 is 25.9 Å². The minimum atomic E-state index is -1.99. The molecule has 10 heteroatoms. The Labute approximate surface area is 226 Å². The van der Waals surface area contributed by atoms with E-state index in [0.717, 1.165) is 31.6 Å². The number of aromatic nitrogens is 2. The van der Waals surface area contributed by atoms with Gasteiger partial charge in [-0.15, -0.1) is 0 Å². The highest BCUT2D eigenvalue weighted by atomic mass is 28.4. The summed E-state index contributed by atoms with van der Waals surface area (Å²) in [5, 5.41) is 4.28. The molecule has 2 aromatic rings. The summed E-state index contributed by atoms with van der Waals surface area (Å²) in [6.45, 7) is 15.1. The highest BCUT2D eigenvalue weighted by molar-refractivity contribution is 6.74. The molecule has 0 N–H and O–H groups in total. The van der Waals surface area contributed by atoms with Gasteiger partial charge in [-0.05, 0) is 31.5 Å². The van der Waals surface area contributed by atoms with Crippen molar-refractivity contribution in [2.45, 2.75) is 78.1 Å². The number of ether oxygens (including phenoxy) is 1. The fraction of sp³-hybridized carbons (Fsp3) is 0.571. The predicted octanol–water partition coefficient (Wildman–Crippen LogP) is 6.12. The van der Waals surface area contributed by atoms with E-state index in [1.54, 1.807) is 31.5 Å². The van der Waals surface area contributed by atoms with Crippen molar-refractivity contribution in [2.75, 3.05) is 31.2 Å². The highest BCUT2D eigenvalue weighted by Gasteiger charge is 2.37. The van der Waals surface area contributed by atoms with Gasteiger partial charge in [0.05, 0.1) is 18.9 Å². The summed E-state index contributed by atoms with van der Waals surface area (Å²) in [7, 11) is -1.99. The van der Waals surface area contributed by atoms with Gasteiger partial charge in [0, 0.05) is 61.4 Å². The Hall–Kier alpha value is -2.85. The molecule has 2 heterocycles. The molecule has 1 aliphatic heterocycles. The molecule has 0 amide bonds. The Morgan fingerprint density at radius 1 is 1.16 bits per heavy atom. The summed E-state index contributed by atoms with van der Waals surface area (Å²) in [5.74, 6) is 0.110. The zero-order chi connectivity index (χ0) is 27.8. The lowest BCUT2D eigenvalue weighted by Crippen LogP contribution is -2.40. The van der Waals surface area contributed by atoms with Crippen LogP contribution in [0.3, 0.4) is 0 Å². The summed E-state index contributed by atoms with van der Waals surface area (Å²) >= 11 is 0. The van der Waals surface area contributed by atoms with E-state index in [4.69, 9.17) is 14.0 Å². The van der Waals surface area contributed by atoms with Gasteiger partial charge in [-0.3, -0.25) is 4.79 Å². The first-order valence-corrected chi connectivity index (χ1v) is 16.2. The van der Waals surface area contributed by atoms with Gasteiger partial charge in [0.15, 0.2) is 8.32 Å². The second-order valence-corrected chi connectivity index (χ2v) is 15.8. The largest absolute Gasteiger partial charge is 0.466 e. The number of halogens is 1. The summed E-state index contributed by atoms with van der Waals surface area (Å²) < 4.78 is 26.5. The van der Waals surface area contributed by atoms with Crippen LogP contribution in [0.2, 0.25) is 18.1 Å². The molecule has 8 nitrogen and oxygen atoms in total. The molecule has 0 spiro atoms. The molecular formula is C28H41FN4O4Si. The van der Waals surface area contributed by atoms with Crippen LogP contribution >= 0.6 is 0 Å². The third-order valence-corrected chi connectivity index (χ3v) is 11.6. The summed E-state index contributed by atoms with van der Waals surface area (Å²) in [6, 6.07) is 5.37. The predicted molar refractivity (Wildman–Crippen MR) is 150 cm³/mol. The molecule has 0 radical (unpaired) electrons. The maximum Gasteiger partial charge on any atom is 0.305 e. The number of nitrogens with zero attached hydrogens (tertiary/aromatic N) is 4. The number of oxime groups is 1. The monoisotopic (exact) mass is 544 g/mol. The van der Waals surface area contributed by atoms with Crippen LogP contribution in [0, 0.1) is 5.82 Å². The van der Waals surface area contributed by atoms with Gasteiger partial charge in [-0.1, -0.05) is 44.1 Å². The van der Waals surface area contributed by atoms with Crippen LogP contribution in [-0.2, 0) is 25.4 Å². The smallest absolute Gasteiger partial charge is 0.305 e. The highest BCUT2D eigenvalue weighted by Crippen LogP contribution is 2.37. The van der Waals surface area contributed by atoms with Crippen molar-refractivity contribution in [3.63, 3.8) is 0 Å². The van der Waals surface area contributed by atoms with Crippen LogP contribution in [0.1, 0.15) is 58.9 Å². The lowest BCUT2D eigenvalue weighted by atomic mass is 10.1. The van der Waals surface area contributed by atoms with Crippen molar-refractivity contribution in [3.05, 3.63) is 42.0 Å². The third kappa shape index (κ3) is 8.07. The van der Waals surface area contributed by atoms with Gasteiger partial charge in [-0.25, -0.2) is 14.4 Å². The van der Waals surface area contributed by atoms with Gasteiger partial charge in [0.2, 0.25) is 5.95 Å². The van der Waals surface area contributed by atoms with E-state index in [1.807, 2.05) is 6.07 Å². The van der Waals surface area contributed by atoms with Crippen molar-refractivity contribution in [2.24, 2.45) is 5.16 Å². The lowest BCUT2D eigenvalue weighted by Gasteiger charge is -2.36. The second kappa shape index (κ2) is 13.3. The first kappa shape index (κ1) is 29.7. The molecule has 38 heavy (non-hydrogen) atoms. The summed E-state index contributed by atoms with van der Waals surface area (Å²) in [4.78, 5) is 27.8. The molecule has 1 aliphatic rings. The fourth-order valence-electron chi connectivity index (χ4n) is 3.72. The van der Waals surface area contributed by atoms with E-state index < -0.39 is 8.32 Å². The van der Waals surface area contributed by atoms with E-state index >= 15 is 4.39 Å². The van der Waals surface area contributed by atoms with Crippen LogP contribution in [0.4, 0.5) is 10.3 Å². The first-order chi connectivity index (χ1) is 18.0. The number of hydrogen-bond donors (Lipinski definition) is 0. The topological polar surface area (TPSA) is 86.1 Å². The van der Waals surface area contributed by atoms with E-state index in [2.05, 4.69) is 53.9 Å². The van der Waals surface area contributed by atoms with Crippen LogP contribution < -0.4 is 4.90 Å². The average molecular weight is 545 g/mol. The quantitative estimate of drug-likeness (QED) is 0.146. The number of piperidine rings is 1. The van der Waals surface area contributed by atoms with Gasteiger partial charge in [0.1, 0.15) is 12.4 Å². The Balaban J connectivity index is 1.53. The van der Waals surface area contributed by atoms with Crippen molar-refractivity contribution in [3.8, 4) is 11.1 Å². The van der Waals surface area contributed by atoms with E-state index in [0.29, 0.717) is 48.7 Å². The van der Waals surface area contributed by atoms with E-state index in [9.17, 15) is 4.79 Å². The molecule has 3 rings (SSSR count). The average Bonchev–Trinajstić information content (AvgIpc) is 2.88. The first-order valence-electron chi connectivity index (χ1n) is 13.3. The number of rotatable bonds is 11. The zero-order valence-corrected chi connectivity index (χ0v) is 24.6. The maximum absolute atomic E-state index is 15.4. The molecule has 0 bridgehead atoms. The molecule has 0 saturated carbocycles. The number of anilines is 1. The summed E-state index contributed by atoms with van der Waals surface area (Å²) in [5.41, 5.74) is 2.63. The van der Waals surface area contributed by atoms with Crippen LogP contribution in [0.25, 0.3) is 11.1 Å². The van der Waals surface area contributed by atoms with Crippen LogP contribution in [0.5, 0.6) is 0 Å². The summed E-state index contributed by atoms with van der Waals surface area (Å²) in [6.07, 6.45) is 5.75. The SMILES string of the molecule is CCOC(=O)CCCON=C1CCN(c2ncc(-c3cccc(CO[Si](C)(C)C(C)(C)C)c3F)cn2)CC1. The molecule has 1 aromatic heterocycles. The molecule has 1 saturated heterocycles. The molecule has 0 atom stereocenters. The van der Waals surface area contributed by atoms with E-state index in [1.165, 1.54) is 0 Å². The van der Waals surface area contributed by atoms with Crippen molar-refractivity contribution < 1.29 is 23.2 Å². The van der Waals surface area contributed by atoms with Crippen LogP contribution in [0.15, 0.2) is 35.7 Å². The zero-order valence-electron chi connectivity index (χ0n) is 23.6. The van der Waals surface area contributed by atoms with Gasteiger partial charge in [-0.2, -0.15) is 0 Å². The standard InChI is InChI=1S/C28H41FN4O4Si/c1-7-35-25(34)12-9-17-36-32-23-13-15-33(16-14-23)27-30-18-22(19-31-27)24-11-8-10-21(26(24)29)20-37-38(5,6)28(2,3)4/h8,10-11,18-19H,7,9,12-17,20H2,1-6H3. The molecule has 208 valence electrons. The fourth-order valence-corrected chi connectivity index (χ4v) is 4.67. The van der Waals surface area contributed by atoms with E-state index in [-0.39, 0.29) is 23.4 Å². The molecule has 1 aromatic carbocycles. The molecule has 0 unspecified atom stereocenters. The Morgan fingerprint density at radius 3 is 2.47 bits per heavy atom. The van der Waals surface area contributed by atoms with Gasteiger partial charge < -0.3 is 18.9 Å². The Morgan fingerprint density at radius 2 is 1.84 bits per heavy atom. The number of hydrogen-bond acceptors (Lipinski definition) is 8. The van der Waals surface area contributed by atoms with Crippen LogP contribution in [-0.4, -0.2) is 56.3 Å². The minimum Gasteiger partial charge on any atom is -0.466 e. The number of carbonyl (C=O) groups excluding carboxylic acids is 1. The number of benzene rings is 1. The maximum atomic E-state index is 15.4. The van der Waals surface area contributed by atoms with Gasteiger partial charge >= 0.3 is 5.97 Å². The normalized spacial score (nSPS) is 14.4. The van der Waals surface area contributed by atoms with Gasteiger partial charge in [0.25, 0.3) is 0 Å². The molecule has 1 fully saturated rings. The third-order valence-electron chi connectivity index (χ3n) is 7.16. The van der Waals surface area contributed by atoms with Crippen molar-refractivity contribution in [1.82, 2.24) is 9.97 Å². The second-order valence-electron chi connectivity index (χ2n) is 11.0. The molecule has 0 aliphatic carbocycles. The Kier molecular flexibility index (Phi) is 10.4. The Bertz CT molecular complexity index is 1090.